The maximum Gasteiger partial charge on any atom is 0.255 e. The van der Waals surface area contributed by atoms with E-state index >= 15 is 0 Å². The van der Waals surface area contributed by atoms with Crippen LogP contribution < -0.4 is 15.0 Å². The quantitative estimate of drug-likeness (QED) is 0.647. The smallest absolute Gasteiger partial charge is 0.255 e. The molecule has 0 atom stereocenters. The number of benzene rings is 2. The van der Waals surface area contributed by atoms with E-state index in [0.29, 0.717) is 23.5 Å². The summed E-state index contributed by atoms with van der Waals surface area (Å²) in [6.45, 7) is 4.62. The van der Waals surface area contributed by atoms with Crippen LogP contribution in [0.3, 0.4) is 0 Å². The van der Waals surface area contributed by atoms with Gasteiger partial charge in [0.05, 0.1) is 11.8 Å². The fourth-order valence-corrected chi connectivity index (χ4v) is 2.83. The summed E-state index contributed by atoms with van der Waals surface area (Å²) < 4.78 is 5.78. The van der Waals surface area contributed by atoms with Gasteiger partial charge in [0.25, 0.3) is 5.91 Å². The number of carbonyl (C=O) groups excluding carboxylic acids is 1. The lowest BCUT2D eigenvalue weighted by molar-refractivity contribution is 0.102. The zero-order chi connectivity index (χ0) is 19.9. The normalized spacial score (nSPS) is 10.6. The second-order valence-electron chi connectivity index (χ2n) is 6.86. The number of carbonyl (C=O) groups is 1. The number of pyridine rings is 1. The van der Waals surface area contributed by atoms with E-state index < -0.39 is 0 Å². The van der Waals surface area contributed by atoms with Crippen LogP contribution in [0, 0.1) is 0 Å². The van der Waals surface area contributed by atoms with Crippen LogP contribution in [0.2, 0.25) is 0 Å². The van der Waals surface area contributed by atoms with Crippen molar-refractivity contribution in [1.29, 1.82) is 0 Å². The fourth-order valence-electron chi connectivity index (χ4n) is 2.83. The summed E-state index contributed by atoms with van der Waals surface area (Å²) in [4.78, 5) is 19.2. The van der Waals surface area contributed by atoms with E-state index in [1.807, 2.05) is 68.3 Å². The Labute approximate surface area is 166 Å². The molecule has 0 bridgehead atoms. The van der Waals surface area contributed by atoms with Gasteiger partial charge in [0.15, 0.2) is 0 Å². The van der Waals surface area contributed by atoms with Crippen molar-refractivity contribution in [2.24, 2.45) is 0 Å². The minimum absolute atomic E-state index is 0.0252. The molecular formula is C23H25N3O2. The van der Waals surface area contributed by atoms with Gasteiger partial charge in [0.2, 0.25) is 0 Å². The van der Waals surface area contributed by atoms with Gasteiger partial charge in [0.1, 0.15) is 11.6 Å². The molecule has 5 heteroatoms. The first-order valence-electron chi connectivity index (χ1n) is 9.31. The van der Waals surface area contributed by atoms with E-state index in [0.717, 1.165) is 5.82 Å². The zero-order valence-corrected chi connectivity index (χ0v) is 16.4. The summed E-state index contributed by atoms with van der Waals surface area (Å²) in [5.41, 5.74) is 2.38. The van der Waals surface area contributed by atoms with Crippen LogP contribution >= 0.6 is 0 Å². The third-order valence-electron chi connectivity index (χ3n) is 4.16. The Balaban J connectivity index is 1.74. The van der Waals surface area contributed by atoms with E-state index in [2.05, 4.69) is 22.4 Å². The maximum absolute atomic E-state index is 12.8. The highest BCUT2D eigenvalue weighted by atomic mass is 16.5. The van der Waals surface area contributed by atoms with Gasteiger partial charge >= 0.3 is 0 Å². The standard InChI is InChI=1S/C23H25N3O2/c1-17(2)28-21-12-8-7-11-20(21)25-23(27)19-13-14-24-22(15-19)26(3)16-18-9-5-4-6-10-18/h4-15,17H,16H2,1-3H3,(H,25,27). The van der Waals surface area contributed by atoms with E-state index in [1.165, 1.54) is 5.56 Å². The highest BCUT2D eigenvalue weighted by molar-refractivity contribution is 6.05. The first kappa shape index (κ1) is 19.4. The van der Waals surface area contributed by atoms with Crippen LogP contribution in [-0.4, -0.2) is 24.0 Å². The molecule has 0 unspecified atom stereocenters. The largest absolute Gasteiger partial charge is 0.489 e. The average Bonchev–Trinajstić information content (AvgIpc) is 2.70. The summed E-state index contributed by atoms with van der Waals surface area (Å²) in [6.07, 6.45) is 1.68. The summed E-state index contributed by atoms with van der Waals surface area (Å²) in [5.74, 6) is 1.20. The van der Waals surface area contributed by atoms with E-state index in [4.69, 9.17) is 4.74 Å². The lowest BCUT2D eigenvalue weighted by atomic mass is 10.2. The van der Waals surface area contributed by atoms with Crippen LogP contribution in [0.15, 0.2) is 72.9 Å². The first-order valence-corrected chi connectivity index (χ1v) is 9.31. The first-order chi connectivity index (χ1) is 13.5. The third kappa shape index (κ3) is 5.10. The van der Waals surface area contributed by atoms with Gasteiger partial charge in [-0.25, -0.2) is 4.98 Å². The lowest BCUT2D eigenvalue weighted by Gasteiger charge is -2.19. The molecule has 0 aliphatic carbocycles. The minimum atomic E-state index is -0.198. The van der Waals surface area contributed by atoms with Gasteiger partial charge in [-0.3, -0.25) is 4.79 Å². The molecule has 0 fully saturated rings. The van der Waals surface area contributed by atoms with Gasteiger partial charge < -0.3 is 15.0 Å². The van der Waals surface area contributed by atoms with Crippen molar-refractivity contribution in [2.75, 3.05) is 17.3 Å². The van der Waals surface area contributed by atoms with Crippen molar-refractivity contribution in [3.05, 3.63) is 84.1 Å². The van der Waals surface area contributed by atoms with Gasteiger partial charge in [-0.05, 0) is 43.7 Å². The Bertz CT molecular complexity index is 926. The molecule has 144 valence electrons. The summed E-state index contributed by atoms with van der Waals surface area (Å²) in [6, 6.07) is 21.1. The third-order valence-corrected chi connectivity index (χ3v) is 4.16. The molecule has 0 aliphatic rings. The van der Waals surface area contributed by atoms with Crippen LogP contribution in [0.4, 0.5) is 11.5 Å². The van der Waals surface area contributed by atoms with Crippen molar-refractivity contribution in [3.63, 3.8) is 0 Å². The molecular weight excluding hydrogens is 350 g/mol. The molecule has 0 spiro atoms. The monoisotopic (exact) mass is 375 g/mol. The molecule has 1 aromatic heterocycles. The van der Waals surface area contributed by atoms with Crippen LogP contribution in [0.1, 0.15) is 29.8 Å². The van der Waals surface area contributed by atoms with E-state index in [9.17, 15) is 4.79 Å². The zero-order valence-electron chi connectivity index (χ0n) is 16.4. The van der Waals surface area contributed by atoms with Crippen molar-refractivity contribution in [2.45, 2.75) is 26.5 Å². The number of hydrogen-bond donors (Lipinski definition) is 1. The number of ether oxygens (including phenoxy) is 1. The van der Waals surface area contributed by atoms with Gasteiger partial charge in [-0.1, -0.05) is 42.5 Å². The lowest BCUT2D eigenvalue weighted by Crippen LogP contribution is -2.19. The highest BCUT2D eigenvalue weighted by Crippen LogP contribution is 2.25. The van der Waals surface area contributed by atoms with Gasteiger partial charge in [0, 0.05) is 25.4 Å². The highest BCUT2D eigenvalue weighted by Gasteiger charge is 2.13. The topological polar surface area (TPSA) is 54.5 Å². The number of rotatable bonds is 7. The van der Waals surface area contributed by atoms with Crippen molar-refractivity contribution < 1.29 is 9.53 Å². The molecule has 1 amide bonds. The minimum Gasteiger partial charge on any atom is -0.489 e. The van der Waals surface area contributed by atoms with E-state index in [1.54, 1.807) is 18.3 Å². The van der Waals surface area contributed by atoms with Crippen LogP contribution in [0.5, 0.6) is 5.75 Å². The Morgan fingerprint density at radius 3 is 2.54 bits per heavy atom. The molecule has 2 aromatic carbocycles. The number of anilines is 2. The van der Waals surface area contributed by atoms with E-state index in [-0.39, 0.29) is 12.0 Å². The van der Waals surface area contributed by atoms with Crippen LogP contribution in [-0.2, 0) is 6.54 Å². The molecule has 3 rings (SSSR count). The summed E-state index contributed by atoms with van der Waals surface area (Å²) in [5, 5.41) is 2.94. The Morgan fingerprint density at radius 2 is 1.79 bits per heavy atom. The number of nitrogens with zero attached hydrogens (tertiary/aromatic N) is 2. The summed E-state index contributed by atoms with van der Waals surface area (Å²) >= 11 is 0. The molecule has 1 N–H and O–H groups in total. The fraction of sp³-hybridized carbons (Fsp3) is 0.217. The number of para-hydroxylation sites is 2. The van der Waals surface area contributed by atoms with Gasteiger partial charge in [-0.15, -0.1) is 0 Å². The second-order valence-corrected chi connectivity index (χ2v) is 6.86. The molecule has 0 radical (unpaired) electrons. The van der Waals surface area contributed by atoms with Crippen molar-refractivity contribution >= 4 is 17.4 Å². The van der Waals surface area contributed by atoms with Crippen LogP contribution in [0.25, 0.3) is 0 Å². The summed E-state index contributed by atoms with van der Waals surface area (Å²) in [7, 11) is 1.96. The molecule has 1 heterocycles. The Hall–Kier alpha value is -3.34. The molecule has 0 saturated carbocycles. The predicted octanol–water partition coefficient (Wildman–Crippen LogP) is 4.76. The van der Waals surface area contributed by atoms with Gasteiger partial charge in [-0.2, -0.15) is 0 Å². The molecule has 5 nitrogen and oxygen atoms in total. The molecule has 0 saturated heterocycles. The van der Waals surface area contributed by atoms with Crippen molar-refractivity contribution in [3.8, 4) is 5.75 Å². The average molecular weight is 375 g/mol. The number of nitrogens with one attached hydrogen (secondary N) is 1. The predicted molar refractivity (Wildman–Crippen MR) is 113 cm³/mol. The second kappa shape index (κ2) is 9.04. The Morgan fingerprint density at radius 1 is 1.07 bits per heavy atom. The Kier molecular flexibility index (Phi) is 6.27. The maximum atomic E-state index is 12.8. The number of amides is 1. The number of hydrogen-bond acceptors (Lipinski definition) is 4. The molecule has 0 aliphatic heterocycles. The molecule has 28 heavy (non-hydrogen) atoms. The SMILES string of the molecule is CC(C)Oc1ccccc1NC(=O)c1ccnc(N(C)Cc2ccccc2)c1. The number of aromatic nitrogens is 1. The van der Waals surface area contributed by atoms with Crippen molar-refractivity contribution in [1.82, 2.24) is 4.98 Å². The molecule has 3 aromatic rings.